The minimum absolute atomic E-state index is 0.0943. The molecule has 0 bridgehead atoms. The normalized spacial score (nSPS) is 24.8. The quantitative estimate of drug-likeness (QED) is 0.865. The van der Waals surface area contributed by atoms with Gasteiger partial charge in [0, 0.05) is 23.1 Å². The minimum atomic E-state index is 0.0943. The summed E-state index contributed by atoms with van der Waals surface area (Å²) in [6.07, 6.45) is 1.77. The second-order valence-electron chi connectivity index (χ2n) is 4.61. The van der Waals surface area contributed by atoms with Crippen LogP contribution < -0.4 is 5.73 Å². The highest BCUT2D eigenvalue weighted by molar-refractivity contribution is 9.10. The molecule has 4 heteroatoms. The molecule has 1 aromatic carbocycles. The number of likely N-dealkylation sites (tertiary alicyclic amines) is 1. The lowest BCUT2D eigenvalue weighted by molar-refractivity contribution is 0.0618. The third-order valence-electron chi connectivity index (χ3n) is 3.28. The number of benzene rings is 1. The molecule has 0 saturated carbocycles. The van der Waals surface area contributed by atoms with Gasteiger partial charge in [0.2, 0.25) is 0 Å². The van der Waals surface area contributed by atoms with Gasteiger partial charge in [-0.05, 0) is 47.8 Å². The molecule has 2 atom stereocenters. The van der Waals surface area contributed by atoms with Gasteiger partial charge in [-0.3, -0.25) is 4.79 Å². The maximum atomic E-state index is 12.4. The molecule has 92 valence electrons. The highest BCUT2D eigenvalue weighted by Gasteiger charge is 2.28. The van der Waals surface area contributed by atoms with Gasteiger partial charge >= 0.3 is 0 Å². The van der Waals surface area contributed by atoms with Crippen LogP contribution in [0.4, 0.5) is 0 Å². The molecule has 2 unspecified atom stereocenters. The molecule has 0 radical (unpaired) electrons. The topological polar surface area (TPSA) is 46.3 Å². The van der Waals surface area contributed by atoms with E-state index in [1.807, 2.05) is 29.2 Å². The van der Waals surface area contributed by atoms with Gasteiger partial charge in [0.15, 0.2) is 0 Å². The second-order valence-corrected chi connectivity index (χ2v) is 5.47. The monoisotopic (exact) mass is 296 g/mol. The van der Waals surface area contributed by atoms with Gasteiger partial charge in [-0.25, -0.2) is 0 Å². The van der Waals surface area contributed by atoms with Crippen molar-refractivity contribution in [2.75, 3.05) is 6.54 Å². The van der Waals surface area contributed by atoms with Gasteiger partial charge in [-0.2, -0.15) is 0 Å². The zero-order valence-corrected chi connectivity index (χ0v) is 11.5. The molecule has 0 aliphatic carbocycles. The number of rotatable bonds is 1. The van der Waals surface area contributed by atoms with Crippen molar-refractivity contribution in [3.63, 3.8) is 0 Å². The van der Waals surface area contributed by atoms with E-state index in [4.69, 9.17) is 5.73 Å². The van der Waals surface area contributed by atoms with Crippen molar-refractivity contribution < 1.29 is 4.79 Å². The van der Waals surface area contributed by atoms with Gasteiger partial charge in [0.1, 0.15) is 0 Å². The molecular formula is C13H17BrN2O. The number of hydrogen-bond donors (Lipinski definition) is 1. The van der Waals surface area contributed by atoms with Crippen LogP contribution >= 0.6 is 15.9 Å². The molecule has 1 aliphatic heterocycles. The molecule has 1 heterocycles. The van der Waals surface area contributed by atoms with Crippen LogP contribution in [-0.4, -0.2) is 29.4 Å². The second kappa shape index (κ2) is 5.19. The number of nitrogens with zero attached hydrogens (tertiary/aromatic N) is 1. The van der Waals surface area contributed by atoms with Crippen LogP contribution in [0.2, 0.25) is 0 Å². The van der Waals surface area contributed by atoms with Crippen LogP contribution in [0.15, 0.2) is 28.7 Å². The fraction of sp³-hybridized carbons (Fsp3) is 0.462. The molecule has 17 heavy (non-hydrogen) atoms. The molecule has 1 aliphatic rings. The first kappa shape index (κ1) is 12.6. The van der Waals surface area contributed by atoms with Crippen molar-refractivity contribution in [3.8, 4) is 0 Å². The summed E-state index contributed by atoms with van der Waals surface area (Å²) >= 11 is 3.42. The van der Waals surface area contributed by atoms with Gasteiger partial charge < -0.3 is 10.6 Å². The number of nitrogens with two attached hydrogens (primary N) is 1. The van der Waals surface area contributed by atoms with Crippen LogP contribution in [0, 0.1) is 0 Å². The molecule has 3 nitrogen and oxygen atoms in total. The largest absolute Gasteiger partial charge is 0.336 e. The zero-order chi connectivity index (χ0) is 12.4. The summed E-state index contributed by atoms with van der Waals surface area (Å²) in [4.78, 5) is 14.3. The molecule has 1 saturated heterocycles. The predicted octanol–water partition coefficient (Wildman–Crippen LogP) is 2.40. The Morgan fingerprint density at radius 2 is 2.18 bits per heavy atom. The van der Waals surface area contributed by atoms with E-state index in [1.165, 1.54) is 0 Å². The lowest BCUT2D eigenvalue weighted by Crippen LogP contribution is -2.48. The molecule has 2 rings (SSSR count). The van der Waals surface area contributed by atoms with E-state index in [2.05, 4.69) is 22.9 Å². The number of carbonyl (C=O) groups excluding carboxylic acids is 1. The van der Waals surface area contributed by atoms with Crippen molar-refractivity contribution in [2.45, 2.75) is 31.8 Å². The standard InChI is InChI=1S/C13H17BrN2O/c1-9-8-10(15)6-7-16(9)13(17)11-4-2-3-5-12(11)14/h2-5,9-10H,6-8,15H2,1H3. The first-order valence-electron chi connectivity index (χ1n) is 5.90. The van der Waals surface area contributed by atoms with Crippen LogP contribution in [0.1, 0.15) is 30.1 Å². The predicted molar refractivity (Wildman–Crippen MR) is 71.8 cm³/mol. The highest BCUT2D eigenvalue weighted by atomic mass is 79.9. The van der Waals surface area contributed by atoms with Crippen LogP contribution in [0.25, 0.3) is 0 Å². The molecule has 2 N–H and O–H groups in total. The summed E-state index contributed by atoms with van der Waals surface area (Å²) in [6.45, 7) is 2.82. The summed E-state index contributed by atoms with van der Waals surface area (Å²) in [5.74, 6) is 0.0943. The Labute approximate surface area is 110 Å². The van der Waals surface area contributed by atoms with Gasteiger partial charge in [0.05, 0.1) is 5.56 Å². The van der Waals surface area contributed by atoms with Crippen LogP contribution in [-0.2, 0) is 0 Å². The summed E-state index contributed by atoms with van der Waals surface area (Å²) in [5.41, 5.74) is 6.64. The Kier molecular flexibility index (Phi) is 3.84. The zero-order valence-electron chi connectivity index (χ0n) is 9.90. The average molecular weight is 297 g/mol. The molecule has 1 aromatic rings. The lowest BCUT2D eigenvalue weighted by atomic mass is 9.98. The summed E-state index contributed by atoms with van der Waals surface area (Å²) in [7, 11) is 0. The third-order valence-corrected chi connectivity index (χ3v) is 3.97. The lowest BCUT2D eigenvalue weighted by Gasteiger charge is -2.36. The van der Waals surface area contributed by atoms with Crippen molar-refractivity contribution >= 4 is 21.8 Å². The number of piperidine rings is 1. The number of amides is 1. The maximum Gasteiger partial charge on any atom is 0.255 e. The Hall–Kier alpha value is -0.870. The van der Waals surface area contributed by atoms with E-state index in [-0.39, 0.29) is 18.0 Å². The smallest absolute Gasteiger partial charge is 0.255 e. The van der Waals surface area contributed by atoms with Gasteiger partial charge in [-0.15, -0.1) is 0 Å². The van der Waals surface area contributed by atoms with E-state index >= 15 is 0 Å². The minimum Gasteiger partial charge on any atom is -0.336 e. The number of hydrogen-bond acceptors (Lipinski definition) is 2. The van der Waals surface area contributed by atoms with E-state index in [0.29, 0.717) is 0 Å². The van der Waals surface area contributed by atoms with Crippen molar-refractivity contribution in [3.05, 3.63) is 34.3 Å². The molecular weight excluding hydrogens is 280 g/mol. The van der Waals surface area contributed by atoms with Crippen LogP contribution in [0.3, 0.4) is 0 Å². The van der Waals surface area contributed by atoms with Crippen LogP contribution in [0.5, 0.6) is 0 Å². The Balaban J connectivity index is 2.18. The molecule has 0 aromatic heterocycles. The van der Waals surface area contributed by atoms with Gasteiger partial charge in [-0.1, -0.05) is 12.1 Å². The number of halogens is 1. The summed E-state index contributed by atoms with van der Waals surface area (Å²) in [6, 6.07) is 8.00. The summed E-state index contributed by atoms with van der Waals surface area (Å²) in [5, 5.41) is 0. The molecule has 0 spiro atoms. The van der Waals surface area contributed by atoms with E-state index < -0.39 is 0 Å². The molecule has 1 fully saturated rings. The summed E-state index contributed by atoms with van der Waals surface area (Å²) < 4.78 is 0.854. The Morgan fingerprint density at radius 3 is 2.82 bits per heavy atom. The van der Waals surface area contributed by atoms with E-state index in [0.717, 1.165) is 29.4 Å². The molecule has 1 amide bonds. The Bertz CT molecular complexity index is 422. The first-order chi connectivity index (χ1) is 8.09. The maximum absolute atomic E-state index is 12.4. The van der Waals surface area contributed by atoms with Crippen molar-refractivity contribution in [1.29, 1.82) is 0 Å². The first-order valence-corrected chi connectivity index (χ1v) is 6.70. The number of carbonyl (C=O) groups is 1. The fourth-order valence-electron chi connectivity index (χ4n) is 2.30. The van der Waals surface area contributed by atoms with Crippen molar-refractivity contribution in [1.82, 2.24) is 4.90 Å². The van der Waals surface area contributed by atoms with E-state index in [1.54, 1.807) is 0 Å². The third kappa shape index (κ3) is 2.69. The highest BCUT2D eigenvalue weighted by Crippen LogP contribution is 2.22. The fourth-order valence-corrected chi connectivity index (χ4v) is 2.75. The van der Waals surface area contributed by atoms with Crippen molar-refractivity contribution in [2.24, 2.45) is 5.73 Å². The Morgan fingerprint density at radius 1 is 1.47 bits per heavy atom. The SMILES string of the molecule is CC1CC(N)CCN1C(=O)c1ccccc1Br. The van der Waals surface area contributed by atoms with E-state index in [9.17, 15) is 4.79 Å². The van der Waals surface area contributed by atoms with Gasteiger partial charge in [0.25, 0.3) is 5.91 Å². The average Bonchev–Trinajstić information content (AvgIpc) is 2.29.